The van der Waals surface area contributed by atoms with Gasteiger partial charge in [-0.05, 0) is 66.3 Å². The maximum Gasteiger partial charge on any atom is 0.304 e. The van der Waals surface area contributed by atoms with Gasteiger partial charge in [0.2, 0.25) is 0 Å². The number of aliphatic carboxylic acids is 1. The van der Waals surface area contributed by atoms with E-state index >= 15 is 0 Å². The third kappa shape index (κ3) is 5.06. The summed E-state index contributed by atoms with van der Waals surface area (Å²) in [6.45, 7) is 8.50. The highest BCUT2D eigenvalue weighted by molar-refractivity contribution is 5.80. The Balaban J connectivity index is 1.50. The number of aryl methyl sites for hydroxylation is 3. The van der Waals surface area contributed by atoms with E-state index in [1.54, 1.807) is 4.68 Å². The molecule has 0 saturated heterocycles. The standard InChI is InChI=1S/C29H33N5O3/c1-5-22-16-34(17-25-27(37-22)7-6-12-30-25)15-21-13-20(9-8-18(21)2)24(14-28(35)36)23-10-11-26-29(19(23)3)31-32-33(26)4/h6-13,22,24H,5,14-17H2,1-4H3,(H,35,36)/t22?,24-/m1/s1. The lowest BCUT2D eigenvalue weighted by atomic mass is 9.84. The third-order valence-electron chi connectivity index (χ3n) is 7.44. The zero-order chi connectivity index (χ0) is 26.1. The lowest BCUT2D eigenvalue weighted by molar-refractivity contribution is -0.137. The largest absolute Gasteiger partial charge is 0.487 e. The first-order valence-electron chi connectivity index (χ1n) is 12.8. The van der Waals surface area contributed by atoms with Crippen molar-refractivity contribution in [2.75, 3.05) is 6.54 Å². The second-order valence-corrected chi connectivity index (χ2v) is 9.96. The average Bonchev–Trinajstić information content (AvgIpc) is 3.16. The molecule has 5 rings (SSSR count). The van der Waals surface area contributed by atoms with Crippen LogP contribution in [0.3, 0.4) is 0 Å². The Kier molecular flexibility index (Phi) is 6.93. The van der Waals surface area contributed by atoms with Crippen molar-refractivity contribution in [2.45, 2.75) is 58.7 Å². The molecule has 3 heterocycles. The normalized spacial score (nSPS) is 16.7. The van der Waals surface area contributed by atoms with Crippen molar-refractivity contribution in [3.8, 4) is 5.75 Å². The predicted octanol–water partition coefficient (Wildman–Crippen LogP) is 4.76. The zero-order valence-corrected chi connectivity index (χ0v) is 21.8. The summed E-state index contributed by atoms with van der Waals surface area (Å²) in [6, 6.07) is 14.3. The molecule has 0 saturated carbocycles. The number of carboxylic acid groups (broad SMARTS) is 1. The number of hydrogen-bond donors (Lipinski definition) is 1. The van der Waals surface area contributed by atoms with Crippen molar-refractivity contribution in [1.29, 1.82) is 0 Å². The van der Waals surface area contributed by atoms with Crippen LogP contribution < -0.4 is 4.74 Å². The summed E-state index contributed by atoms with van der Waals surface area (Å²) in [4.78, 5) is 18.9. The van der Waals surface area contributed by atoms with E-state index in [2.05, 4.69) is 52.2 Å². The van der Waals surface area contributed by atoms with Crippen molar-refractivity contribution in [3.63, 3.8) is 0 Å². The van der Waals surface area contributed by atoms with Crippen LogP contribution in [0.15, 0.2) is 48.7 Å². The lowest BCUT2D eigenvalue weighted by Gasteiger charge is -2.25. The van der Waals surface area contributed by atoms with Crippen LogP contribution in [0.1, 0.15) is 59.2 Å². The number of ether oxygens (including phenoxy) is 1. The van der Waals surface area contributed by atoms with Gasteiger partial charge < -0.3 is 9.84 Å². The number of fused-ring (bicyclic) bond motifs is 2. The molecule has 1 aliphatic rings. The minimum Gasteiger partial charge on any atom is -0.487 e. The second kappa shape index (κ2) is 10.3. The van der Waals surface area contributed by atoms with Gasteiger partial charge >= 0.3 is 5.97 Å². The third-order valence-corrected chi connectivity index (χ3v) is 7.44. The van der Waals surface area contributed by atoms with Crippen LogP contribution >= 0.6 is 0 Å². The molecular weight excluding hydrogens is 466 g/mol. The summed E-state index contributed by atoms with van der Waals surface area (Å²) in [5.74, 6) is -0.260. The fourth-order valence-electron chi connectivity index (χ4n) is 5.29. The fourth-order valence-corrected chi connectivity index (χ4v) is 5.29. The molecule has 1 N–H and O–H groups in total. The lowest BCUT2D eigenvalue weighted by Crippen LogP contribution is -2.32. The molecule has 2 aromatic heterocycles. The Morgan fingerprint density at radius 1 is 1.22 bits per heavy atom. The van der Waals surface area contributed by atoms with Crippen LogP contribution in [0.5, 0.6) is 5.75 Å². The van der Waals surface area contributed by atoms with E-state index in [0.29, 0.717) is 6.54 Å². The van der Waals surface area contributed by atoms with E-state index in [1.165, 1.54) is 11.1 Å². The van der Waals surface area contributed by atoms with E-state index in [-0.39, 0.29) is 18.4 Å². The molecule has 0 aliphatic carbocycles. The number of rotatable bonds is 7. The molecule has 8 nitrogen and oxygen atoms in total. The molecule has 192 valence electrons. The fraction of sp³-hybridized carbons (Fsp3) is 0.379. The van der Waals surface area contributed by atoms with Crippen molar-refractivity contribution in [3.05, 3.63) is 82.2 Å². The smallest absolute Gasteiger partial charge is 0.304 e. The van der Waals surface area contributed by atoms with Gasteiger partial charge in [0, 0.05) is 38.8 Å². The van der Waals surface area contributed by atoms with Crippen LogP contribution in [0, 0.1) is 13.8 Å². The van der Waals surface area contributed by atoms with Crippen molar-refractivity contribution >= 4 is 17.0 Å². The summed E-state index contributed by atoms with van der Waals surface area (Å²) in [5, 5.41) is 18.3. The maximum atomic E-state index is 12.0. The highest BCUT2D eigenvalue weighted by Crippen LogP contribution is 2.35. The Bertz CT molecular complexity index is 1450. The Hall–Kier alpha value is -3.78. The minimum absolute atomic E-state index is 0.00185. The number of hydrogen-bond acceptors (Lipinski definition) is 6. The van der Waals surface area contributed by atoms with E-state index < -0.39 is 5.97 Å². The van der Waals surface area contributed by atoms with E-state index in [9.17, 15) is 9.90 Å². The SMILES string of the molecule is CCC1CN(Cc2cc([C@@H](CC(=O)O)c3ccc4c(nnn4C)c3C)ccc2C)Cc2ncccc2O1. The molecule has 0 fully saturated rings. The number of carboxylic acids is 1. The number of carbonyl (C=O) groups is 1. The van der Waals surface area contributed by atoms with Crippen LogP contribution in [0.2, 0.25) is 0 Å². The molecule has 4 aromatic rings. The van der Waals surface area contributed by atoms with Crippen LogP contribution in [0.4, 0.5) is 0 Å². The van der Waals surface area contributed by atoms with Gasteiger partial charge in [0.1, 0.15) is 17.4 Å². The van der Waals surface area contributed by atoms with E-state index in [1.807, 2.05) is 44.4 Å². The molecule has 0 amide bonds. The quantitative estimate of drug-likeness (QED) is 0.392. The van der Waals surface area contributed by atoms with Gasteiger partial charge in [0.05, 0.1) is 17.6 Å². The molecule has 8 heteroatoms. The van der Waals surface area contributed by atoms with Crippen LogP contribution in [0.25, 0.3) is 11.0 Å². The molecule has 1 aliphatic heterocycles. The average molecular weight is 500 g/mol. The number of benzene rings is 2. The van der Waals surface area contributed by atoms with Crippen molar-refractivity contribution < 1.29 is 14.6 Å². The number of nitrogens with zero attached hydrogens (tertiary/aromatic N) is 5. The summed E-state index contributed by atoms with van der Waals surface area (Å²) in [7, 11) is 1.86. The topological polar surface area (TPSA) is 93.4 Å². The maximum absolute atomic E-state index is 12.0. The molecular formula is C29H33N5O3. The number of pyridine rings is 1. The zero-order valence-electron chi connectivity index (χ0n) is 21.8. The van der Waals surface area contributed by atoms with Gasteiger partial charge in [-0.2, -0.15) is 0 Å². The minimum atomic E-state index is -0.830. The van der Waals surface area contributed by atoms with Gasteiger partial charge in [0.15, 0.2) is 0 Å². The first kappa shape index (κ1) is 24.9. The van der Waals surface area contributed by atoms with Gasteiger partial charge in [-0.3, -0.25) is 14.7 Å². The predicted molar refractivity (Wildman–Crippen MR) is 142 cm³/mol. The number of aromatic nitrogens is 4. The molecule has 0 spiro atoms. The molecule has 2 atom stereocenters. The summed E-state index contributed by atoms with van der Waals surface area (Å²) in [6.07, 6.45) is 2.82. The van der Waals surface area contributed by atoms with E-state index in [0.717, 1.165) is 58.7 Å². The van der Waals surface area contributed by atoms with Crippen LogP contribution in [-0.4, -0.2) is 48.6 Å². The Morgan fingerprint density at radius 3 is 2.84 bits per heavy atom. The molecule has 37 heavy (non-hydrogen) atoms. The first-order valence-corrected chi connectivity index (χ1v) is 12.8. The van der Waals surface area contributed by atoms with Gasteiger partial charge in [-0.15, -0.1) is 5.10 Å². The van der Waals surface area contributed by atoms with Crippen molar-refractivity contribution in [1.82, 2.24) is 24.9 Å². The molecule has 0 radical (unpaired) electrons. The highest BCUT2D eigenvalue weighted by Gasteiger charge is 2.25. The summed E-state index contributed by atoms with van der Waals surface area (Å²) in [5.41, 5.74) is 7.98. The monoisotopic (exact) mass is 499 g/mol. The van der Waals surface area contributed by atoms with Crippen LogP contribution in [-0.2, 0) is 24.9 Å². The van der Waals surface area contributed by atoms with Gasteiger partial charge in [0.25, 0.3) is 0 Å². The Morgan fingerprint density at radius 2 is 2.05 bits per heavy atom. The summed E-state index contributed by atoms with van der Waals surface area (Å²) >= 11 is 0. The van der Waals surface area contributed by atoms with Gasteiger partial charge in [-0.1, -0.05) is 36.4 Å². The molecule has 2 aromatic carbocycles. The second-order valence-electron chi connectivity index (χ2n) is 9.96. The first-order chi connectivity index (χ1) is 17.8. The summed E-state index contributed by atoms with van der Waals surface area (Å²) < 4.78 is 7.98. The highest BCUT2D eigenvalue weighted by atomic mass is 16.5. The van der Waals surface area contributed by atoms with Crippen molar-refractivity contribution in [2.24, 2.45) is 7.05 Å². The van der Waals surface area contributed by atoms with Gasteiger partial charge in [-0.25, -0.2) is 4.68 Å². The Labute approximate surface area is 216 Å². The molecule has 0 bridgehead atoms. The molecule has 1 unspecified atom stereocenters. The van der Waals surface area contributed by atoms with E-state index in [4.69, 9.17) is 4.74 Å².